The van der Waals surface area contributed by atoms with Crippen LogP contribution < -0.4 is 0 Å². The fraction of sp³-hybridized carbons (Fsp3) is 0.947. The molecule has 6 nitrogen and oxygen atoms in total. The van der Waals surface area contributed by atoms with Crippen LogP contribution in [0.4, 0.5) is 0 Å². The van der Waals surface area contributed by atoms with Gasteiger partial charge in [0.1, 0.15) is 0 Å². The Morgan fingerprint density at radius 1 is 1.08 bits per heavy atom. The highest BCUT2D eigenvalue weighted by Crippen LogP contribution is 2.25. The van der Waals surface area contributed by atoms with E-state index in [0.717, 1.165) is 32.1 Å². The highest BCUT2D eigenvalue weighted by atomic mass is 32.2. The Balaban J connectivity index is 1.82. The number of hydrogen-bond donors (Lipinski definition) is 0. The number of piperazine rings is 1. The van der Waals surface area contributed by atoms with Crippen molar-refractivity contribution in [2.45, 2.75) is 77.8 Å². The smallest absolute Gasteiger partial charge is 0.237 e. The van der Waals surface area contributed by atoms with E-state index in [1.807, 2.05) is 0 Å². The van der Waals surface area contributed by atoms with Gasteiger partial charge in [-0.2, -0.15) is 4.31 Å². The molecular weight excluding hydrogens is 350 g/mol. The highest BCUT2D eigenvalue weighted by Gasteiger charge is 2.31. The van der Waals surface area contributed by atoms with Crippen LogP contribution in [0.2, 0.25) is 0 Å². The molecule has 0 aromatic carbocycles. The van der Waals surface area contributed by atoms with Gasteiger partial charge in [0.25, 0.3) is 0 Å². The fourth-order valence-corrected chi connectivity index (χ4v) is 5.74. The SMILES string of the molecule is CCCCCS(=O)(=O)N1CCN(CC(=O)N(C(C)C)C2CCCC2)CC1. The standard InChI is InChI=1S/C19H37N3O3S/c1-4-5-8-15-26(24,25)21-13-11-20(12-14-21)16-19(23)22(17(2)3)18-9-6-7-10-18/h17-18H,4-16H2,1-3H3. The second-order valence-electron chi connectivity index (χ2n) is 8.03. The topological polar surface area (TPSA) is 60.9 Å². The lowest BCUT2D eigenvalue weighted by Crippen LogP contribution is -2.53. The van der Waals surface area contributed by atoms with Crippen LogP contribution in [-0.2, 0) is 14.8 Å². The lowest BCUT2D eigenvalue weighted by Gasteiger charge is -2.37. The largest absolute Gasteiger partial charge is 0.336 e. The summed E-state index contributed by atoms with van der Waals surface area (Å²) in [4.78, 5) is 17.0. The van der Waals surface area contributed by atoms with Gasteiger partial charge in [-0.05, 0) is 33.1 Å². The van der Waals surface area contributed by atoms with Crippen LogP contribution in [-0.4, -0.2) is 79.0 Å². The van der Waals surface area contributed by atoms with Crippen LogP contribution in [0.3, 0.4) is 0 Å². The number of amides is 1. The van der Waals surface area contributed by atoms with Crippen LogP contribution in [0.15, 0.2) is 0 Å². The van der Waals surface area contributed by atoms with E-state index in [0.29, 0.717) is 38.8 Å². The third-order valence-electron chi connectivity index (χ3n) is 5.65. The summed E-state index contributed by atoms with van der Waals surface area (Å²) in [6.45, 7) is 8.99. The van der Waals surface area contributed by atoms with E-state index < -0.39 is 10.0 Å². The highest BCUT2D eigenvalue weighted by molar-refractivity contribution is 7.89. The molecule has 1 saturated carbocycles. The molecule has 2 aliphatic rings. The average Bonchev–Trinajstić information content (AvgIpc) is 3.09. The quantitative estimate of drug-likeness (QED) is 0.570. The third kappa shape index (κ3) is 5.92. The summed E-state index contributed by atoms with van der Waals surface area (Å²) in [6, 6.07) is 0.619. The van der Waals surface area contributed by atoms with Gasteiger partial charge in [0.05, 0.1) is 12.3 Å². The minimum Gasteiger partial charge on any atom is -0.336 e. The number of rotatable bonds is 9. The van der Waals surface area contributed by atoms with Crippen molar-refractivity contribution in [3.8, 4) is 0 Å². The molecule has 1 aliphatic heterocycles. The summed E-state index contributed by atoms with van der Waals surface area (Å²) in [5, 5.41) is 0. The molecule has 26 heavy (non-hydrogen) atoms. The fourth-order valence-electron chi connectivity index (χ4n) is 4.20. The molecule has 1 aliphatic carbocycles. The average molecular weight is 388 g/mol. The first-order valence-electron chi connectivity index (χ1n) is 10.4. The summed E-state index contributed by atoms with van der Waals surface area (Å²) in [7, 11) is -3.14. The summed E-state index contributed by atoms with van der Waals surface area (Å²) >= 11 is 0. The van der Waals surface area contributed by atoms with Crippen molar-refractivity contribution in [3.05, 3.63) is 0 Å². The molecule has 0 unspecified atom stereocenters. The molecule has 0 aromatic heterocycles. The zero-order valence-corrected chi connectivity index (χ0v) is 17.6. The molecule has 0 aromatic rings. The van der Waals surface area contributed by atoms with E-state index in [4.69, 9.17) is 0 Å². The molecule has 1 heterocycles. The maximum atomic E-state index is 12.8. The van der Waals surface area contributed by atoms with Gasteiger partial charge in [-0.15, -0.1) is 0 Å². The van der Waals surface area contributed by atoms with Crippen molar-refractivity contribution in [1.82, 2.24) is 14.1 Å². The van der Waals surface area contributed by atoms with Gasteiger partial charge >= 0.3 is 0 Å². The van der Waals surface area contributed by atoms with Crippen molar-refractivity contribution in [1.29, 1.82) is 0 Å². The summed E-state index contributed by atoms with van der Waals surface area (Å²) in [5.74, 6) is 0.453. The van der Waals surface area contributed by atoms with Crippen LogP contribution in [0.1, 0.15) is 65.7 Å². The van der Waals surface area contributed by atoms with Crippen LogP contribution in [0.5, 0.6) is 0 Å². The Morgan fingerprint density at radius 3 is 2.23 bits per heavy atom. The van der Waals surface area contributed by atoms with E-state index in [-0.39, 0.29) is 17.7 Å². The molecule has 0 spiro atoms. The number of carbonyl (C=O) groups excluding carboxylic acids is 1. The predicted molar refractivity (Wildman–Crippen MR) is 106 cm³/mol. The molecule has 0 radical (unpaired) electrons. The molecule has 2 fully saturated rings. The van der Waals surface area contributed by atoms with Gasteiger partial charge in [0.15, 0.2) is 0 Å². The minimum atomic E-state index is -3.14. The van der Waals surface area contributed by atoms with Gasteiger partial charge in [0.2, 0.25) is 15.9 Å². The Hall–Kier alpha value is -0.660. The number of hydrogen-bond acceptors (Lipinski definition) is 4. The number of unbranched alkanes of at least 4 members (excludes halogenated alkanes) is 2. The summed E-state index contributed by atoms with van der Waals surface area (Å²) in [5.41, 5.74) is 0. The first kappa shape index (κ1) is 21.6. The Labute approximate surface area is 159 Å². The molecule has 7 heteroatoms. The van der Waals surface area contributed by atoms with Gasteiger partial charge in [-0.3, -0.25) is 9.69 Å². The van der Waals surface area contributed by atoms with Crippen LogP contribution >= 0.6 is 0 Å². The molecule has 152 valence electrons. The normalized spacial score (nSPS) is 20.8. The monoisotopic (exact) mass is 387 g/mol. The molecule has 0 N–H and O–H groups in total. The first-order chi connectivity index (χ1) is 12.3. The Morgan fingerprint density at radius 2 is 1.69 bits per heavy atom. The second kappa shape index (κ2) is 10.0. The minimum absolute atomic E-state index is 0.200. The maximum Gasteiger partial charge on any atom is 0.237 e. The lowest BCUT2D eigenvalue weighted by atomic mass is 10.1. The van der Waals surface area contributed by atoms with Gasteiger partial charge in [-0.1, -0.05) is 32.6 Å². The van der Waals surface area contributed by atoms with Crippen molar-refractivity contribution in [3.63, 3.8) is 0 Å². The molecule has 1 amide bonds. The van der Waals surface area contributed by atoms with Crippen LogP contribution in [0, 0.1) is 0 Å². The first-order valence-corrected chi connectivity index (χ1v) is 12.0. The van der Waals surface area contributed by atoms with Crippen molar-refractivity contribution in [2.24, 2.45) is 0 Å². The van der Waals surface area contributed by atoms with Crippen LogP contribution in [0.25, 0.3) is 0 Å². The van der Waals surface area contributed by atoms with E-state index in [1.54, 1.807) is 4.31 Å². The number of nitrogens with zero attached hydrogens (tertiary/aromatic N) is 3. The van der Waals surface area contributed by atoms with E-state index in [1.165, 1.54) is 12.8 Å². The van der Waals surface area contributed by atoms with E-state index in [2.05, 4.69) is 30.6 Å². The number of sulfonamides is 1. The van der Waals surface area contributed by atoms with Gasteiger partial charge < -0.3 is 4.90 Å². The summed E-state index contributed by atoms with van der Waals surface area (Å²) < 4.78 is 26.4. The van der Waals surface area contributed by atoms with E-state index >= 15 is 0 Å². The Kier molecular flexibility index (Phi) is 8.36. The Bertz CT molecular complexity index is 536. The molecule has 1 saturated heterocycles. The zero-order chi connectivity index (χ0) is 19.2. The second-order valence-corrected chi connectivity index (χ2v) is 10.1. The summed E-state index contributed by atoms with van der Waals surface area (Å²) in [6.07, 6.45) is 7.40. The molecule has 0 bridgehead atoms. The molecule has 2 rings (SSSR count). The van der Waals surface area contributed by atoms with Gasteiger partial charge in [0, 0.05) is 38.3 Å². The van der Waals surface area contributed by atoms with Gasteiger partial charge in [-0.25, -0.2) is 8.42 Å². The number of carbonyl (C=O) groups is 1. The van der Waals surface area contributed by atoms with Crippen molar-refractivity contribution < 1.29 is 13.2 Å². The molecule has 0 atom stereocenters. The third-order valence-corrected chi connectivity index (χ3v) is 7.61. The predicted octanol–water partition coefficient (Wildman–Crippen LogP) is 2.30. The lowest BCUT2D eigenvalue weighted by molar-refractivity contribution is -0.137. The van der Waals surface area contributed by atoms with Crippen molar-refractivity contribution >= 4 is 15.9 Å². The zero-order valence-electron chi connectivity index (χ0n) is 16.8. The molecular formula is C19H37N3O3S. The van der Waals surface area contributed by atoms with E-state index in [9.17, 15) is 13.2 Å². The van der Waals surface area contributed by atoms with Crippen molar-refractivity contribution in [2.75, 3.05) is 38.5 Å². The maximum absolute atomic E-state index is 12.8.